The topological polar surface area (TPSA) is 49.4 Å². The van der Waals surface area contributed by atoms with Crippen LogP contribution in [0.2, 0.25) is 0 Å². The Morgan fingerprint density at radius 1 is 1.11 bits per heavy atom. The number of hydrogen-bond donors (Lipinski definition) is 1. The van der Waals surface area contributed by atoms with Crippen molar-refractivity contribution in [2.24, 2.45) is 0 Å². The van der Waals surface area contributed by atoms with E-state index >= 15 is 0 Å². The molecule has 1 aliphatic rings. The third-order valence-corrected chi connectivity index (χ3v) is 5.70. The fourth-order valence-corrected chi connectivity index (χ4v) is 4.31. The molecule has 1 saturated heterocycles. The Hall–Kier alpha value is -2.41. The van der Waals surface area contributed by atoms with Crippen molar-refractivity contribution in [2.45, 2.75) is 18.6 Å². The van der Waals surface area contributed by atoms with E-state index in [9.17, 15) is 18.4 Å². The average molecular weight is 390 g/mol. The van der Waals surface area contributed by atoms with Crippen molar-refractivity contribution in [1.29, 1.82) is 0 Å². The summed E-state index contributed by atoms with van der Waals surface area (Å²) in [6, 6.07) is 10.2. The maximum Gasteiger partial charge on any atom is 0.253 e. The molecule has 1 aliphatic heterocycles. The molecule has 7 heteroatoms. The number of carbonyl (C=O) groups is 2. The molecule has 0 saturated carbocycles. The smallest absolute Gasteiger partial charge is 0.253 e. The molecule has 1 atom stereocenters. The van der Waals surface area contributed by atoms with E-state index in [2.05, 4.69) is 5.32 Å². The molecule has 4 nitrogen and oxygen atoms in total. The second-order valence-corrected chi connectivity index (χ2v) is 7.68. The van der Waals surface area contributed by atoms with Gasteiger partial charge in [-0.15, -0.1) is 0 Å². The molecule has 1 fully saturated rings. The fourth-order valence-electron chi connectivity index (χ4n) is 3.07. The number of nitrogens with zero attached hydrogens (tertiary/aromatic N) is 1. The van der Waals surface area contributed by atoms with Gasteiger partial charge < -0.3 is 10.2 Å². The van der Waals surface area contributed by atoms with E-state index in [-0.39, 0.29) is 17.1 Å². The molecule has 2 aromatic rings. The van der Waals surface area contributed by atoms with Crippen molar-refractivity contribution < 1.29 is 18.4 Å². The molecule has 0 bridgehead atoms. The van der Waals surface area contributed by atoms with E-state index in [0.29, 0.717) is 42.1 Å². The minimum atomic E-state index is -0.455. The van der Waals surface area contributed by atoms with Crippen LogP contribution < -0.4 is 5.32 Å². The van der Waals surface area contributed by atoms with Crippen molar-refractivity contribution in [2.75, 3.05) is 24.2 Å². The number of halogens is 2. The highest BCUT2D eigenvalue weighted by molar-refractivity contribution is 7.99. The zero-order valence-corrected chi connectivity index (χ0v) is 15.7. The van der Waals surface area contributed by atoms with Crippen LogP contribution in [0.25, 0.3) is 0 Å². The van der Waals surface area contributed by atoms with Gasteiger partial charge in [-0.05, 0) is 48.9 Å². The number of amides is 2. The van der Waals surface area contributed by atoms with Gasteiger partial charge in [0, 0.05) is 47.8 Å². The first-order valence-corrected chi connectivity index (χ1v) is 9.72. The minimum Gasteiger partial charge on any atom is -0.338 e. The summed E-state index contributed by atoms with van der Waals surface area (Å²) in [5, 5.41) is 2.48. The van der Waals surface area contributed by atoms with Gasteiger partial charge in [0.05, 0.1) is 0 Å². The summed E-state index contributed by atoms with van der Waals surface area (Å²) in [6.45, 7) is 2.44. The SMILES string of the molecule is CC(=O)Nc1ccc(C(=O)N2CCSC(c3cc(F)ccc3F)CC2)cc1. The van der Waals surface area contributed by atoms with Crippen LogP contribution >= 0.6 is 11.8 Å². The molecule has 2 aromatic carbocycles. The van der Waals surface area contributed by atoms with E-state index < -0.39 is 11.6 Å². The van der Waals surface area contributed by atoms with Gasteiger partial charge in [-0.25, -0.2) is 8.78 Å². The van der Waals surface area contributed by atoms with Crippen LogP contribution in [0, 0.1) is 11.6 Å². The van der Waals surface area contributed by atoms with Crippen LogP contribution in [0.4, 0.5) is 14.5 Å². The van der Waals surface area contributed by atoms with Gasteiger partial charge in [0.25, 0.3) is 5.91 Å². The first kappa shape index (κ1) is 19.4. The molecule has 1 unspecified atom stereocenters. The van der Waals surface area contributed by atoms with E-state index in [1.54, 1.807) is 29.2 Å². The third-order valence-electron chi connectivity index (χ3n) is 4.39. The molecule has 142 valence electrons. The number of nitrogens with one attached hydrogen (secondary N) is 1. The zero-order valence-electron chi connectivity index (χ0n) is 14.9. The fraction of sp³-hybridized carbons (Fsp3) is 0.300. The highest BCUT2D eigenvalue weighted by atomic mass is 32.2. The lowest BCUT2D eigenvalue weighted by Gasteiger charge is -2.20. The lowest BCUT2D eigenvalue weighted by atomic mass is 10.1. The molecule has 0 aromatic heterocycles. The second kappa shape index (κ2) is 8.52. The highest BCUT2D eigenvalue weighted by Gasteiger charge is 2.25. The van der Waals surface area contributed by atoms with Gasteiger partial charge in [-0.3, -0.25) is 9.59 Å². The molecular formula is C20H20F2N2O2S. The largest absolute Gasteiger partial charge is 0.338 e. The quantitative estimate of drug-likeness (QED) is 0.853. The van der Waals surface area contributed by atoms with Gasteiger partial charge in [0.2, 0.25) is 5.91 Å². The van der Waals surface area contributed by atoms with Crippen molar-refractivity contribution in [3.63, 3.8) is 0 Å². The van der Waals surface area contributed by atoms with Gasteiger partial charge in [0.15, 0.2) is 0 Å². The standard InChI is InChI=1S/C20H20F2N2O2S/c1-13(25)23-16-5-2-14(3-6-16)20(26)24-9-8-19(27-11-10-24)17-12-15(21)4-7-18(17)22/h2-7,12,19H,8-11H2,1H3,(H,23,25). The van der Waals surface area contributed by atoms with Gasteiger partial charge in [-0.2, -0.15) is 11.8 Å². The molecule has 2 amide bonds. The monoisotopic (exact) mass is 390 g/mol. The number of carbonyl (C=O) groups excluding carboxylic acids is 2. The average Bonchev–Trinajstić information content (AvgIpc) is 2.89. The summed E-state index contributed by atoms with van der Waals surface area (Å²) in [5.41, 5.74) is 1.52. The normalized spacial score (nSPS) is 17.3. The Bertz CT molecular complexity index is 842. The number of thioether (sulfide) groups is 1. The molecule has 1 heterocycles. The molecule has 27 heavy (non-hydrogen) atoms. The summed E-state index contributed by atoms with van der Waals surface area (Å²) in [5.74, 6) is -0.499. The van der Waals surface area contributed by atoms with Gasteiger partial charge in [0.1, 0.15) is 11.6 Å². The number of rotatable bonds is 3. The van der Waals surface area contributed by atoms with Crippen LogP contribution in [-0.4, -0.2) is 35.6 Å². The van der Waals surface area contributed by atoms with Crippen LogP contribution in [-0.2, 0) is 4.79 Å². The maximum absolute atomic E-state index is 14.0. The van der Waals surface area contributed by atoms with Crippen molar-refractivity contribution in [3.8, 4) is 0 Å². The zero-order chi connectivity index (χ0) is 19.4. The Morgan fingerprint density at radius 2 is 1.85 bits per heavy atom. The second-order valence-electron chi connectivity index (χ2n) is 6.36. The van der Waals surface area contributed by atoms with Crippen LogP contribution in [0.5, 0.6) is 0 Å². The number of anilines is 1. The van der Waals surface area contributed by atoms with Crippen LogP contribution in [0.1, 0.15) is 34.5 Å². The van der Waals surface area contributed by atoms with Crippen molar-refractivity contribution in [1.82, 2.24) is 4.90 Å². The summed E-state index contributed by atoms with van der Waals surface area (Å²) >= 11 is 1.54. The predicted octanol–water partition coefficient (Wildman–Crippen LogP) is 4.24. The summed E-state index contributed by atoms with van der Waals surface area (Å²) in [4.78, 5) is 25.6. The first-order chi connectivity index (χ1) is 12.9. The van der Waals surface area contributed by atoms with Gasteiger partial charge in [-0.1, -0.05) is 0 Å². The van der Waals surface area contributed by atoms with Crippen molar-refractivity contribution in [3.05, 3.63) is 65.2 Å². The highest BCUT2D eigenvalue weighted by Crippen LogP contribution is 2.36. The Kier molecular flexibility index (Phi) is 6.11. The summed E-state index contributed by atoms with van der Waals surface area (Å²) in [6.07, 6.45) is 0.556. The number of benzene rings is 2. The lowest BCUT2D eigenvalue weighted by molar-refractivity contribution is -0.114. The van der Waals surface area contributed by atoms with Crippen LogP contribution in [0.15, 0.2) is 42.5 Å². The van der Waals surface area contributed by atoms with E-state index in [1.807, 2.05) is 0 Å². The number of hydrogen-bond acceptors (Lipinski definition) is 3. The molecule has 0 aliphatic carbocycles. The lowest BCUT2D eigenvalue weighted by Crippen LogP contribution is -2.32. The Morgan fingerprint density at radius 3 is 2.56 bits per heavy atom. The Balaban J connectivity index is 1.67. The molecule has 0 spiro atoms. The van der Waals surface area contributed by atoms with Crippen molar-refractivity contribution >= 4 is 29.3 Å². The maximum atomic E-state index is 14.0. The van der Waals surface area contributed by atoms with E-state index in [4.69, 9.17) is 0 Å². The van der Waals surface area contributed by atoms with E-state index in [1.165, 1.54) is 24.8 Å². The molecular weight excluding hydrogens is 370 g/mol. The summed E-state index contributed by atoms with van der Waals surface area (Å²) < 4.78 is 27.5. The Labute approximate surface area is 160 Å². The minimum absolute atomic E-state index is 0.106. The molecule has 1 N–H and O–H groups in total. The first-order valence-electron chi connectivity index (χ1n) is 8.67. The van der Waals surface area contributed by atoms with Crippen LogP contribution in [0.3, 0.4) is 0 Å². The summed E-state index contributed by atoms with van der Waals surface area (Å²) in [7, 11) is 0. The van der Waals surface area contributed by atoms with E-state index in [0.717, 1.165) is 12.1 Å². The predicted molar refractivity (Wildman–Crippen MR) is 103 cm³/mol. The van der Waals surface area contributed by atoms with Gasteiger partial charge >= 0.3 is 0 Å². The third kappa shape index (κ3) is 4.86. The molecule has 0 radical (unpaired) electrons. The molecule has 3 rings (SSSR count).